The highest BCUT2D eigenvalue weighted by molar-refractivity contribution is 6.17. The fourth-order valence-corrected chi connectivity index (χ4v) is 8.01. The number of rotatable bonds is 7. The van der Waals surface area contributed by atoms with Crippen LogP contribution < -0.4 is 4.90 Å². The molecular formula is C53H34N2O2. The van der Waals surface area contributed by atoms with Crippen LogP contribution in [0.25, 0.3) is 88.6 Å². The molecular weight excluding hydrogens is 697 g/mol. The van der Waals surface area contributed by atoms with Gasteiger partial charge in [-0.15, -0.1) is 0 Å². The summed E-state index contributed by atoms with van der Waals surface area (Å²) < 4.78 is 12.6. The van der Waals surface area contributed by atoms with E-state index in [-0.39, 0.29) is 0 Å². The van der Waals surface area contributed by atoms with Crippen molar-refractivity contribution >= 4 is 60.9 Å². The van der Waals surface area contributed by atoms with E-state index in [1.807, 2.05) is 42.5 Å². The highest BCUT2D eigenvalue weighted by atomic mass is 16.4. The number of furan rings is 1. The monoisotopic (exact) mass is 730 g/mol. The van der Waals surface area contributed by atoms with Gasteiger partial charge < -0.3 is 13.7 Å². The van der Waals surface area contributed by atoms with E-state index in [2.05, 4.69) is 169 Å². The molecule has 0 bridgehead atoms. The van der Waals surface area contributed by atoms with E-state index in [1.54, 1.807) is 0 Å². The average molecular weight is 731 g/mol. The van der Waals surface area contributed by atoms with E-state index < -0.39 is 0 Å². The molecule has 11 rings (SSSR count). The Kier molecular flexibility index (Phi) is 7.78. The molecule has 0 fully saturated rings. The lowest BCUT2D eigenvalue weighted by Crippen LogP contribution is -2.10. The molecule has 0 aliphatic carbocycles. The first kappa shape index (κ1) is 32.7. The normalized spacial score (nSPS) is 11.5. The van der Waals surface area contributed by atoms with Crippen molar-refractivity contribution in [3.63, 3.8) is 0 Å². The van der Waals surface area contributed by atoms with Crippen molar-refractivity contribution in [1.29, 1.82) is 0 Å². The zero-order valence-corrected chi connectivity index (χ0v) is 30.8. The van der Waals surface area contributed by atoms with Crippen LogP contribution in [0, 0.1) is 0 Å². The van der Waals surface area contributed by atoms with Crippen LogP contribution in [-0.2, 0) is 0 Å². The van der Waals surface area contributed by atoms with Crippen LogP contribution >= 0.6 is 0 Å². The highest BCUT2D eigenvalue weighted by Crippen LogP contribution is 2.41. The van der Waals surface area contributed by atoms with Crippen LogP contribution in [0.2, 0.25) is 0 Å². The molecule has 0 unspecified atom stereocenters. The molecule has 0 spiro atoms. The minimum Gasteiger partial charge on any atom is -0.456 e. The number of fused-ring (bicyclic) bond motifs is 6. The molecule has 0 N–H and O–H groups in total. The van der Waals surface area contributed by atoms with E-state index in [0.29, 0.717) is 5.89 Å². The Morgan fingerprint density at radius 3 is 1.63 bits per heavy atom. The van der Waals surface area contributed by atoms with Crippen LogP contribution in [0.1, 0.15) is 0 Å². The van der Waals surface area contributed by atoms with Crippen molar-refractivity contribution in [1.82, 2.24) is 4.98 Å². The molecule has 0 saturated carbocycles. The second-order valence-electron chi connectivity index (χ2n) is 14.4. The predicted octanol–water partition coefficient (Wildman–Crippen LogP) is 15.0. The summed E-state index contributed by atoms with van der Waals surface area (Å²) >= 11 is 0. The number of oxazole rings is 1. The summed E-state index contributed by atoms with van der Waals surface area (Å²) in [6, 6.07) is 72.5. The summed E-state index contributed by atoms with van der Waals surface area (Å²) in [6.07, 6.45) is 0. The lowest BCUT2D eigenvalue weighted by Gasteiger charge is -2.26. The van der Waals surface area contributed by atoms with Crippen LogP contribution in [0.15, 0.2) is 215 Å². The number of hydrogen-bond acceptors (Lipinski definition) is 4. The maximum Gasteiger partial charge on any atom is 0.227 e. The number of anilines is 3. The second kappa shape index (κ2) is 13.6. The summed E-state index contributed by atoms with van der Waals surface area (Å²) in [6.45, 7) is 0. The van der Waals surface area contributed by atoms with Gasteiger partial charge in [-0.3, -0.25) is 0 Å². The Bertz CT molecular complexity index is 3220. The summed E-state index contributed by atoms with van der Waals surface area (Å²) in [7, 11) is 0. The highest BCUT2D eigenvalue weighted by Gasteiger charge is 2.18. The molecule has 2 heterocycles. The zero-order chi connectivity index (χ0) is 37.7. The fourth-order valence-electron chi connectivity index (χ4n) is 8.01. The molecule has 0 aliphatic rings. The van der Waals surface area contributed by atoms with Gasteiger partial charge in [0.05, 0.1) is 5.39 Å². The fraction of sp³-hybridized carbons (Fsp3) is 0. The van der Waals surface area contributed by atoms with Gasteiger partial charge in [-0.2, -0.15) is 0 Å². The molecule has 11 aromatic rings. The minimum atomic E-state index is 0.603. The Labute approximate surface area is 329 Å². The Morgan fingerprint density at radius 1 is 0.333 bits per heavy atom. The largest absolute Gasteiger partial charge is 0.456 e. The van der Waals surface area contributed by atoms with Crippen molar-refractivity contribution in [2.75, 3.05) is 4.90 Å². The lowest BCUT2D eigenvalue weighted by atomic mass is 10.00. The Balaban J connectivity index is 0.959. The van der Waals surface area contributed by atoms with Gasteiger partial charge in [0.25, 0.3) is 0 Å². The van der Waals surface area contributed by atoms with E-state index in [9.17, 15) is 0 Å². The van der Waals surface area contributed by atoms with Gasteiger partial charge in [0.15, 0.2) is 5.58 Å². The van der Waals surface area contributed by atoms with E-state index in [4.69, 9.17) is 13.8 Å². The van der Waals surface area contributed by atoms with Crippen molar-refractivity contribution in [2.24, 2.45) is 0 Å². The molecule has 0 aliphatic heterocycles. The predicted molar refractivity (Wildman–Crippen MR) is 235 cm³/mol. The smallest absolute Gasteiger partial charge is 0.227 e. The van der Waals surface area contributed by atoms with Gasteiger partial charge in [-0.1, -0.05) is 127 Å². The number of benzene rings is 9. The van der Waals surface area contributed by atoms with E-state index in [1.165, 1.54) is 33.0 Å². The Morgan fingerprint density at radius 2 is 0.895 bits per heavy atom. The molecule has 2 aromatic heterocycles. The van der Waals surface area contributed by atoms with Gasteiger partial charge in [0.2, 0.25) is 5.89 Å². The molecule has 268 valence electrons. The van der Waals surface area contributed by atoms with Crippen molar-refractivity contribution in [2.45, 2.75) is 0 Å². The van der Waals surface area contributed by atoms with Gasteiger partial charge in [-0.25, -0.2) is 4.98 Å². The standard InChI is InChI=1S/C53H34N2O2/c1-3-10-35(11-4-1)41-16-9-17-46(33-41)55(44-25-20-37(21-26-44)42-19-18-36-12-7-8-15-40(36)32-42)45-27-22-38(23-28-45)43-24-29-47-50(34-43)56-48-30-31-49-52(51(47)48)54-53(57-49)39-13-5-2-6-14-39/h1-34H. The maximum absolute atomic E-state index is 6.44. The first-order valence-electron chi connectivity index (χ1n) is 19.2. The first-order valence-corrected chi connectivity index (χ1v) is 19.2. The molecule has 0 amide bonds. The van der Waals surface area contributed by atoms with Gasteiger partial charge >= 0.3 is 0 Å². The molecule has 4 heteroatoms. The maximum atomic E-state index is 6.44. The van der Waals surface area contributed by atoms with Crippen molar-refractivity contribution in [3.05, 3.63) is 206 Å². The topological polar surface area (TPSA) is 42.4 Å². The summed E-state index contributed by atoms with van der Waals surface area (Å²) in [5.74, 6) is 0.603. The minimum absolute atomic E-state index is 0.603. The lowest BCUT2D eigenvalue weighted by molar-refractivity contribution is 0.619. The third kappa shape index (κ3) is 5.92. The third-order valence-corrected chi connectivity index (χ3v) is 10.9. The molecule has 0 radical (unpaired) electrons. The Hall–Kier alpha value is -7.69. The summed E-state index contributed by atoms with van der Waals surface area (Å²) in [5, 5.41) is 4.47. The first-order chi connectivity index (χ1) is 28.2. The molecule has 4 nitrogen and oxygen atoms in total. The average Bonchev–Trinajstić information content (AvgIpc) is 3.89. The quantitative estimate of drug-likeness (QED) is 0.164. The number of aromatic nitrogens is 1. The van der Waals surface area contributed by atoms with Crippen LogP contribution in [0.5, 0.6) is 0 Å². The van der Waals surface area contributed by atoms with Crippen LogP contribution in [0.3, 0.4) is 0 Å². The van der Waals surface area contributed by atoms with Crippen LogP contribution in [0.4, 0.5) is 17.1 Å². The van der Waals surface area contributed by atoms with Crippen molar-refractivity contribution < 1.29 is 8.83 Å². The molecule has 0 atom stereocenters. The third-order valence-electron chi connectivity index (χ3n) is 10.9. The van der Waals surface area contributed by atoms with E-state index in [0.717, 1.165) is 66.8 Å². The van der Waals surface area contributed by atoms with Gasteiger partial charge in [0, 0.05) is 28.0 Å². The zero-order valence-electron chi connectivity index (χ0n) is 30.8. The number of hydrogen-bond donors (Lipinski definition) is 0. The molecule has 57 heavy (non-hydrogen) atoms. The van der Waals surface area contributed by atoms with Gasteiger partial charge in [0.1, 0.15) is 16.7 Å². The molecule has 0 saturated heterocycles. The second-order valence-corrected chi connectivity index (χ2v) is 14.4. The SMILES string of the molecule is c1ccc(-c2cccc(N(c3ccc(-c4ccc5ccccc5c4)cc3)c3ccc(-c4ccc5c(c4)oc4ccc6oc(-c7ccccc7)nc6c45)cc3)c2)cc1. The molecule has 9 aromatic carbocycles. The van der Waals surface area contributed by atoms with Gasteiger partial charge in [-0.05, 0) is 123 Å². The summed E-state index contributed by atoms with van der Waals surface area (Å²) in [4.78, 5) is 7.24. The van der Waals surface area contributed by atoms with Crippen molar-refractivity contribution in [3.8, 4) is 44.8 Å². The van der Waals surface area contributed by atoms with E-state index >= 15 is 0 Å². The number of nitrogens with zero attached hydrogens (tertiary/aromatic N) is 2. The van der Waals surface area contributed by atoms with Crippen LogP contribution in [-0.4, -0.2) is 4.98 Å². The summed E-state index contributed by atoms with van der Waals surface area (Å²) in [5.41, 5.74) is 14.2.